The van der Waals surface area contributed by atoms with E-state index in [0.717, 1.165) is 32.1 Å². The van der Waals surface area contributed by atoms with E-state index in [9.17, 15) is 5.11 Å². The molecule has 1 heterocycles. The molecule has 2 rings (SSSR count). The highest BCUT2D eigenvalue weighted by Crippen LogP contribution is 2.32. The summed E-state index contributed by atoms with van der Waals surface area (Å²) in [7, 11) is 0. The lowest BCUT2D eigenvalue weighted by atomic mass is 9.85. The van der Waals surface area contributed by atoms with E-state index in [2.05, 4.69) is 44.7 Å². The summed E-state index contributed by atoms with van der Waals surface area (Å²) in [6.07, 6.45) is -0.479. The summed E-state index contributed by atoms with van der Waals surface area (Å²) in [5.74, 6) is 0.874. The Bertz CT molecular complexity index is 476. The molecule has 0 spiro atoms. The predicted octanol–water partition coefficient (Wildman–Crippen LogP) is 2.36. The van der Waals surface area contributed by atoms with Crippen molar-refractivity contribution in [1.29, 1.82) is 0 Å². The van der Waals surface area contributed by atoms with E-state index in [-0.39, 0.29) is 5.41 Å². The third kappa shape index (κ3) is 4.97. The molecule has 0 amide bonds. The number of aryl methyl sites for hydroxylation is 1. The maximum absolute atomic E-state index is 10.2. The molecule has 1 aromatic rings. The van der Waals surface area contributed by atoms with Crippen molar-refractivity contribution in [2.75, 3.05) is 39.5 Å². The smallest absolute Gasteiger partial charge is 0.123 e. The number of aliphatic hydroxyl groups excluding tert-OH is 1. The van der Waals surface area contributed by atoms with Crippen molar-refractivity contribution in [3.8, 4) is 5.75 Å². The van der Waals surface area contributed by atoms with Gasteiger partial charge in [0.25, 0.3) is 0 Å². The Morgan fingerprint density at radius 1 is 1.27 bits per heavy atom. The third-order valence-electron chi connectivity index (χ3n) is 3.95. The second kappa shape index (κ2) is 7.44. The monoisotopic (exact) mass is 307 g/mol. The summed E-state index contributed by atoms with van der Waals surface area (Å²) in [5.41, 5.74) is 2.44. The molecule has 1 aliphatic rings. The summed E-state index contributed by atoms with van der Waals surface area (Å²) in [5, 5.41) is 10.2. The van der Waals surface area contributed by atoms with Crippen LogP contribution in [0.25, 0.3) is 0 Å². The molecular formula is C18H29NO3. The van der Waals surface area contributed by atoms with Crippen LogP contribution in [0.3, 0.4) is 0 Å². The minimum atomic E-state index is -0.479. The summed E-state index contributed by atoms with van der Waals surface area (Å²) in [6.45, 7) is 12.9. The highest BCUT2D eigenvalue weighted by molar-refractivity contribution is 5.41. The zero-order valence-corrected chi connectivity index (χ0v) is 14.3. The van der Waals surface area contributed by atoms with Crippen molar-refractivity contribution in [3.05, 3.63) is 29.3 Å². The van der Waals surface area contributed by atoms with Gasteiger partial charge in [0.2, 0.25) is 0 Å². The molecule has 0 aromatic heterocycles. The van der Waals surface area contributed by atoms with Crippen LogP contribution in [0.15, 0.2) is 18.2 Å². The van der Waals surface area contributed by atoms with Gasteiger partial charge in [-0.2, -0.15) is 0 Å². The molecule has 4 heteroatoms. The quantitative estimate of drug-likeness (QED) is 0.907. The van der Waals surface area contributed by atoms with E-state index >= 15 is 0 Å². The SMILES string of the molecule is Cc1ccc(OCC(O)CN2CCOCC2)c(C(C)(C)C)c1. The summed E-state index contributed by atoms with van der Waals surface area (Å²) in [6, 6.07) is 6.24. The summed E-state index contributed by atoms with van der Waals surface area (Å²) in [4.78, 5) is 2.22. The van der Waals surface area contributed by atoms with E-state index in [0.29, 0.717) is 13.2 Å². The first-order chi connectivity index (χ1) is 10.4. The van der Waals surface area contributed by atoms with Crippen molar-refractivity contribution in [3.63, 3.8) is 0 Å². The fourth-order valence-corrected chi connectivity index (χ4v) is 2.68. The lowest BCUT2D eigenvalue weighted by Gasteiger charge is -2.29. The van der Waals surface area contributed by atoms with Crippen molar-refractivity contribution in [2.45, 2.75) is 39.2 Å². The molecule has 1 fully saturated rings. The highest BCUT2D eigenvalue weighted by atomic mass is 16.5. The van der Waals surface area contributed by atoms with Crippen molar-refractivity contribution >= 4 is 0 Å². The van der Waals surface area contributed by atoms with E-state index in [1.54, 1.807) is 0 Å². The van der Waals surface area contributed by atoms with Gasteiger partial charge in [-0.3, -0.25) is 4.90 Å². The largest absolute Gasteiger partial charge is 0.491 e. The van der Waals surface area contributed by atoms with Crippen LogP contribution in [-0.2, 0) is 10.2 Å². The van der Waals surface area contributed by atoms with Crippen LogP contribution in [0, 0.1) is 6.92 Å². The highest BCUT2D eigenvalue weighted by Gasteiger charge is 2.20. The van der Waals surface area contributed by atoms with Crippen LogP contribution in [0.1, 0.15) is 31.9 Å². The number of nitrogens with zero attached hydrogens (tertiary/aromatic N) is 1. The molecule has 1 atom stereocenters. The Morgan fingerprint density at radius 2 is 1.95 bits per heavy atom. The number of hydrogen-bond acceptors (Lipinski definition) is 4. The van der Waals surface area contributed by atoms with E-state index in [1.165, 1.54) is 11.1 Å². The Kier molecular flexibility index (Phi) is 5.84. The number of ether oxygens (including phenoxy) is 2. The van der Waals surface area contributed by atoms with Gasteiger partial charge in [-0.1, -0.05) is 38.5 Å². The fraction of sp³-hybridized carbons (Fsp3) is 0.667. The number of hydrogen-bond donors (Lipinski definition) is 1. The molecule has 0 bridgehead atoms. The molecule has 0 aliphatic carbocycles. The van der Waals surface area contributed by atoms with Gasteiger partial charge in [-0.15, -0.1) is 0 Å². The zero-order chi connectivity index (χ0) is 16.2. The molecule has 1 N–H and O–H groups in total. The van der Waals surface area contributed by atoms with E-state index in [4.69, 9.17) is 9.47 Å². The molecule has 1 aliphatic heterocycles. The Morgan fingerprint density at radius 3 is 2.59 bits per heavy atom. The predicted molar refractivity (Wildman–Crippen MR) is 88.6 cm³/mol. The molecule has 0 radical (unpaired) electrons. The van der Waals surface area contributed by atoms with Crippen molar-refractivity contribution in [1.82, 2.24) is 4.90 Å². The second-order valence-corrected chi connectivity index (χ2v) is 7.13. The van der Waals surface area contributed by atoms with E-state index in [1.807, 2.05) is 6.07 Å². The molecule has 22 heavy (non-hydrogen) atoms. The van der Waals surface area contributed by atoms with Crippen LogP contribution >= 0.6 is 0 Å². The van der Waals surface area contributed by atoms with Crippen molar-refractivity contribution in [2.24, 2.45) is 0 Å². The van der Waals surface area contributed by atoms with Crippen LogP contribution in [0.2, 0.25) is 0 Å². The fourth-order valence-electron chi connectivity index (χ4n) is 2.68. The summed E-state index contributed by atoms with van der Waals surface area (Å²) < 4.78 is 11.2. The van der Waals surface area contributed by atoms with Gasteiger partial charge >= 0.3 is 0 Å². The number of benzene rings is 1. The number of aliphatic hydroxyl groups is 1. The second-order valence-electron chi connectivity index (χ2n) is 7.13. The first-order valence-electron chi connectivity index (χ1n) is 8.08. The van der Waals surface area contributed by atoms with Crippen LogP contribution in [-0.4, -0.2) is 55.6 Å². The minimum absolute atomic E-state index is 0.0243. The molecule has 124 valence electrons. The standard InChI is InChI=1S/C18H29NO3/c1-14-5-6-17(16(11-14)18(2,3)4)22-13-15(20)12-19-7-9-21-10-8-19/h5-6,11,15,20H,7-10,12-13H2,1-4H3. The molecule has 4 nitrogen and oxygen atoms in total. The topological polar surface area (TPSA) is 41.9 Å². The lowest BCUT2D eigenvalue weighted by molar-refractivity contribution is 0.00450. The van der Waals surface area contributed by atoms with Gasteiger partial charge in [-0.05, 0) is 24.0 Å². The molecular weight excluding hydrogens is 278 g/mol. The van der Waals surface area contributed by atoms with E-state index < -0.39 is 6.10 Å². The third-order valence-corrected chi connectivity index (χ3v) is 3.95. The number of morpholine rings is 1. The Labute approximate surface area is 134 Å². The molecule has 0 saturated carbocycles. The molecule has 1 aromatic carbocycles. The van der Waals surface area contributed by atoms with Crippen LogP contribution in [0.4, 0.5) is 0 Å². The Balaban J connectivity index is 1.93. The normalized spacial score (nSPS) is 18.2. The van der Waals surface area contributed by atoms with Crippen LogP contribution < -0.4 is 4.74 Å². The summed E-state index contributed by atoms with van der Waals surface area (Å²) >= 11 is 0. The first-order valence-corrected chi connectivity index (χ1v) is 8.08. The minimum Gasteiger partial charge on any atom is -0.491 e. The van der Waals surface area contributed by atoms with Crippen molar-refractivity contribution < 1.29 is 14.6 Å². The van der Waals surface area contributed by atoms with Gasteiger partial charge < -0.3 is 14.6 Å². The number of rotatable bonds is 5. The maximum Gasteiger partial charge on any atom is 0.123 e. The maximum atomic E-state index is 10.2. The van der Waals surface area contributed by atoms with Gasteiger partial charge in [0.15, 0.2) is 0 Å². The average Bonchev–Trinajstić information content (AvgIpc) is 2.46. The lowest BCUT2D eigenvalue weighted by Crippen LogP contribution is -2.42. The zero-order valence-electron chi connectivity index (χ0n) is 14.3. The van der Waals surface area contributed by atoms with Gasteiger partial charge in [0.1, 0.15) is 18.5 Å². The average molecular weight is 307 g/mol. The van der Waals surface area contributed by atoms with Gasteiger partial charge in [-0.25, -0.2) is 0 Å². The van der Waals surface area contributed by atoms with Gasteiger partial charge in [0, 0.05) is 19.6 Å². The number of β-amino-alcohol motifs (C(OH)–C–C–N with tert-alkyl or cyclic N) is 1. The van der Waals surface area contributed by atoms with Crippen LogP contribution in [0.5, 0.6) is 5.75 Å². The first kappa shape index (κ1) is 17.3. The Hall–Kier alpha value is -1.10. The van der Waals surface area contributed by atoms with Gasteiger partial charge in [0.05, 0.1) is 13.2 Å². The molecule has 1 unspecified atom stereocenters. The molecule has 1 saturated heterocycles.